The lowest BCUT2D eigenvalue weighted by Gasteiger charge is -2.11. The molecular weight excluding hydrogens is 231 g/mol. The van der Waals surface area contributed by atoms with Crippen LogP contribution >= 0.6 is 23.2 Å². The van der Waals surface area contributed by atoms with Crippen LogP contribution in [0.1, 0.15) is 24.8 Å². The van der Waals surface area contributed by atoms with Gasteiger partial charge in [-0.3, -0.25) is 4.79 Å². The van der Waals surface area contributed by atoms with E-state index in [4.69, 9.17) is 23.2 Å². The lowest BCUT2D eigenvalue weighted by atomic mass is 9.98. The van der Waals surface area contributed by atoms with E-state index in [1.807, 2.05) is 18.2 Å². The van der Waals surface area contributed by atoms with Gasteiger partial charge in [-0.1, -0.05) is 29.3 Å². The largest absolute Gasteiger partial charge is 0.300 e. The van der Waals surface area contributed by atoms with E-state index < -0.39 is 0 Å². The number of hydrogen-bond donors (Lipinski definition) is 0. The van der Waals surface area contributed by atoms with Gasteiger partial charge in [0, 0.05) is 22.9 Å². The number of benzene rings is 1. The van der Waals surface area contributed by atoms with Crippen LogP contribution in [0.5, 0.6) is 0 Å². The van der Waals surface area contributed by atoms with E-state index in [9.17, 15) is 4.79 Å². The molecule has 80 valence electrons. The first-order chi connectivity index (χ1) is 7.16. The lowest BCUT2D eigenvalue weighted by molar-refractivity contribution is -0.117. The summed E-state index contributed by atoms with van der Waals surface area (Å²) >= 11 is 12.1. The Balaban J connectivity index is 2.13. The third-order valence-corrected chi connectivity index (χ3v) is 3.61. The van der Waals surface area contributed by atoms with E-state index >= 15 is 0 Å². The molecule has 0 bridgehead atoms. The molecular formula is C12H12Cl2O. The molecule has 0 radical (unpaired) electrons. The van der Waals surface area contributed by atoms with Gasteiger partial charge in [-0.2, -0.15) is 0 Å². The minimum Gasteiger partial charge on any atom is -0.300 e. The molecule has 1 fully saturated rings. The molecule has 15 heavy (non-hydrogen) atoms. The smallest absolute Gasteiger partial charge is 0.133 e. The highest BCUT2D eigenvalue weighted by molar-refractivity contribution is 6.36. The van der Waals surface area contributed by atoms with Crippen LogP contribution in [0.15, 0.2) is 18.2 Å². The summed E-state index contributed by atoms with van der Waals surface area (Å²) in [6.07, 6.45) is 3.19. The van der Waals surface area contributed by atoms with Crippen LogP contribution in [0.3, 0.4) is 0 Å². The van der Waals surface area contributed by atoms with Crippen LogP contribution in [0.4, 0.5) is 0 Å². The van der Waals surface area contributed by atoms with Crippen LogP contribution in [-0.2, 0) is 11.2 Å². The normalized spacial score (nSPS) is 20.9. The summed E-state index contributed by atoms with van der Waals surface area (Å²) in [5, 5.41) is 1.42. The van der Waals surface area contributed by atoms with Gasteiger partial charge in [-0.05, 0) is 36.5 Å². The standard InChI is InChI=1S/C12H12Cl2O/c13-11-2-1-3-12(14)10(11)7-8-4-5-9(15)6-8/h1-3,8H,4-7H2. The summed E-state index contributed by atoms with van der Waals surface area (Å²) in [6.45, 7) is 0. The lowest BCUT2D eigenvalue weighted by Crippen LogP contribution is -2.01. The van der Waals surface area contributed by atoms with Gasteiger partial charge >= 0.3 is 0 Å². The van der Waals surface area contributed by atoms with E-state index in [0.717, 1.165) is 18.4 Å². The molecule has 0 amide bonds. The molecule has 2 rings (SSSR count). The van der Waals surface area contributed by atoms with Crippen molar-refractivity contribution in [2.45, 2.75) is 25.7 Å². The number of halogens is 2. The Labute approximate surface area is 99.4 Å². The second-order valence-corrected chi connectivity index (χ2v) is 4.87. The fourth-order valence-electron chi connectivity index (χ4n) is 2.08. The third kappa shape index (κ3) is 2.53. The monoisotopic (exact) mass is 242 g/mol. The number of ketones is 1. The molecule has 1 saturated carbocycles. The van der Waals surface area contributed by atoms with Gasteiger partial charge in [0.1, 0.15) is 5.78 Å². The Bertz CT molecular complexity index is 367. The molecule has 0 heterocycles. The van der Waals surface area contributed by atoms with Crippen LogP contribution in [-0.4, -0.2) is 5.78 Å². The predicted octanol–water partition coefficient (Wildman–Crippen LogP) is 3.91. The molecule has 1 nitrogen and oxygen atoms in total. The highest BCUT2D eigenvalue weighted by Gasteiger charge is 2.23. The SMILES string of the molecule is O=C1CCC(Cc2c(Cl)cccc2Cl)C1. The molecule has 0 saturated heterocycles. The van der Waals surface area contributed by atoms with Crippen molar-refractivity contribution >= 4 is 29.0 Å². The Morgan fingerprint density at radius 2 is 1.93 bits per heavy atom. The van der Waals surface area contributed by atoms with Crippen molar-refractivity contribution in [3.8, 4) is 0 Å². The zero-order valence-electron chi connectivity index (χ0n) is 8.30. The fourth-order valence-corrected chi connectivity index (χ4v) is 2.63. The molecule has 1 unspecified atom stereocenters. The van der Waals surface area contributed by atoms with Gasteiger partial charge < -0.3 is 0 Å². The van der Waals surface area contributed by atoms with Crippen LogP contribution in [0, 0.1) is 5.92 Å². The molecule has 3 heteroatoms. The molecule has 1 atom stereocenters. The zero-order chi connectivity index (χ0) is 10.8. The van der Waals surface area contributed by atoms with E-state index in [1.165, 1.54) is 0 Å². The molecule has 0 aromatic heterocycles. The van der Waals surface area contributed by atoms with E-state index in [2.05, 4.69) is 0 Å². The second-order valence-electron chi connectivity index (χ2n) is 4.05. The minimum atomic E-state index is 0.364. The molecule has 1 aliphatic rings. The minimum absolute atomic E-state index is 0.364. The molecule has 0 N–H and O–H groups in total. The maximum atomic E-state index is 11.1. The molecule has 1 aliphatic carbocycles. The average molecular weight is 243 g/mol. The van der Waals surface area contributed by atoms with Crippen molar-refractivity contribution in [3.05, 3.63) is 33.8 Å². The van der Waals surface area contributed by atoms with E-state index in [0.29, 0.717) is 34.6 Å². The molecule has 0 aliphatic heterocycles. The Morgan fingerprint density at radius 1 is 1.27 bits per heavy atom. The number of carbonyl (C=O) groups is 1. The summed E-state index contributed by atoms with van der Waals surface area (Å²) in [5.41, 5.74) is 0.987. The van der Waals surface area contributed by atoms with Crippen molar-refractivity contribution in [3.63, 3.8) is 0 Å². The second kappa shape index (κ2) is 4.54. The molecule has 0 spiro atoms. The van der Waals surface area contributed by atoms with Crippen molar-refractivity contribution in [1.29, 1.82) is 0 Å². The van der Waals surface area contributed by atoms with Crippen molar-refractivity contribution in [1.82, 2.24) is 0 Å². The van der Waals surface area contributed by atoms with Crippen LogP contribution in [0.2, 0.25) is 10.0 Å². The summed E-state index contributed by atoms with van der Waals surface area (Å²) < 4.78 is 0. The van der Waals surface area contributed by atoms with Crippen molar-refractivity contribution in [2.75, 3.05) is 0 Å². The Hall–Kier alpha value is -0.530. The zero-order valence-corrected chi connectivity index (χ0v) is 9.81. The van der Waals surface area contributed by atoms with E-state index in [1.54, 1.807) is 0 Å². The first-order valence-corrected chi connectivity index (χ1v) is 5.87. The van der Waals surface area contributed by atoms with Crippen LogP contribution < -0.4 is 0 Å². The fraction of sp³-hybridized carbons (Fsp3) is 0.417. The number of hydrogen-bond acceptors (Lipinski definition) is 1. The number of Topliss-reactive ketones (excluding diaryl/α,β-unsaturated/α-hetero) is 1. The highest BCUT2D eigenvalue weighted by atomic mass is 35.5. The average Bonchev–Trinajstić information content (AvgIpc) is 2.58. The molecule has 1 aromatic rings. The summed E-state index contributed by atoms with van der Waals surface area (Å²) in [5.74, 6) is 0.790. The predicted molar refractivity (Wildman–Crippen MR) is 62.5 cm³/mol. The van der Waals surface area contributed by atoms with Crippen molar-refractivity contribution in [2.24, 2.45) is 5.92 Å². The first-order valence-electron chi connectivity index (χ1n) is 5.11. The van der Waals surface area contributed by atoms with Crippen molar-refractivity contribution < 1.29 is 4.79 Å². The topological polar surface area (TPSA) is 17.1 Å². The van der Waals surface area contributed by atoms with Gasteiger partial charge in [0.15, 0.2) is 0 Å². The highest BCUT2D eigenvalue weighted by Crippen LogP contribution is 2.32. The summed E-state index contributed by atoms with van der Waals surface area (Å²) in [7, 11) is 0. The maximum absolute atomic E-state index is 11.1. The summed E-state index contributed by atoms with van der Waals surface area (Å²) in [4.78, 5) is 11.1. The van der Waals surface area contributed by atoms with Crippen LogP contribution in [0.25, 0.3) is 0 Å². The van der Waals surface area contributed by atoms with E-state index in [-0.39, 0.29) is 0 Å². The Kier molecular flexibility index (Phi) is 3.32. The number of rotatable bonds is 2. The van der Waals surface area contributed by atoms with Gasteiger partial charge in [-0.15, -0.1) is 0 Å². The quantitative estimate of drug-likeness (QED) is 0.769. The van der Waals surface area contributed by atoms with Gasteiger partial charge in [0.2, 0.25) is 0 Å². The Morgan fingerprint density at radius 3 is 2.47 bits per heavy atom. The summed E-state index contributed by atoms with van der Waals surface area (Å²) in [6, 6.07) is 5.53. The maximum Gasteiger partial charge on any atom is 0.133 e. The number of carbonyl (C=O) groups excluding carboxylic acids is 1. The first kappa shape index (κ1) is 11.0. The van der Waals surface area contributed by atoms with Gasteiger partial charge in [-0.25, -0.2) is 0 Å². The van der Waals surface area contributed by atoms with Gasteiger partial charge in [0.25, 0.3) is 0 Å². The molecule has 1 aromatic carbocycles. The van der Waals surface area contributed by atoms with Gasteiger partial charge in [0.05, 0.1) is 0 Å². The third-order valence-electron chi connectivity index (χ3n) is 2.90.